The zero-order chi connectivity index (χ0) is 19.7. The second-order valence-corrected chi connectivity index (χ2v) is 7.07. The number of benzene rings is 2. The van der Waals surface area contributed by atoms with Gasteiger partial charge in [-0.25, -0.2) is 4.79 Å². The van der Waals surface area contributed by atoms with E-state index in [1.807, 2.05) is 37.3 Å². The lowest BCUT2D eigenvalue weighted by atomic mass is 9.98. The van der Waals surface area contributed by atoms with Crippen LogP contribution >= 0.6 is 0 Å². The third-order valence-electron chi connectivity index (χ3n) is 5.43. The number of aromatic amines is 1. The highest BCUT2D eigenvalue weighted by Gasteiger charge is 2.27. The minimum Gasteiger partial charge on any atom is -0.464 e. The van der Waals surface area contributed by atoms with E-state index in [2.05, 4.69) is 33.4 Å². The largest absolute Gasteiger partial charge is 0.464 e. The van der Waals surface area contributed by atoms with E-state index in [0.717, 1.165) is 30.4 Å². The van der Waals surface area contributed by atoms with E-state index in [4.69, 9.17) is 4.74 Å². The molecule has 0 saturated carbocycles. The number of amides is 1. The highest BCUT2D eigenvalue weighted by atomic mass is 16.5. The Morgan fingerprint density at radius 1 is 1.11 bits per heavy atom. The number of ether oxygens (including phenoxy) is 1. The first-order valence-corrected chi connectivity index (χ1v) is 9.39. The van der Waals surface area contributed by atoms with E-state index >= 15 is 0 Å². The van der Waals surface area contributed by atoms with Crippen molar-refractivity contribution in [2.45, 2.75) is 25.9 Å². The summed E-state index contributed by atoms with van der Waals surface area (Å²) in [4.78, 5) is 30.4. The standard InChI is InChI=1S/C22H23N3O3/c1-14(25-12-11-15-7-3-4-8-16(15)13-25)21(26)24-19-17-9-5-6-10-18(17)23-20(19)22(27)28-2/h3-10,14,23H,11-13H2,1-2H3,(H,24,26)/t14-/m1/s1. The maximum absolute atomic E-state index is 13.0. The highest BCUT2D eigenvalue weighted by molar-refractivity contribution is 6.11. The topological polar surface area (TPSA) is 74.4 Å². The van der Waals surface area contributed by atoms with Crippen molar-refractivity contribution in [3.8, 4) is 0 Å². The normalized spacial score (nSPS) is 15.1. The summed E-state index contributed by atoms with van der Waals surface area (Å²) in [6, 6.07) is 15.5. The number of rotatable bonds is 4. The molecule has 1 aromatic heterocycles. The molecule has 28 heavy (non-hydrogen) atoms. The number of aromatic nitrogens is 1. The Hall–Kier alpha value is -3.12. The molecule has 0 unspecified atom stereocenters. The molecule has 3 aromatic rings. The number of methoxy groups -OCH3 is 1. The predicted molar refractivity (Wildman–Crippen MR) is 108 cm³/mol. The fraction of sp³-hybridized carbons (Fsp3) is 0.273. The van der Waals surface area contributed by atoms with Crippen molar-refractivity contribution in [2.75, 3.05) is 19.0 Å². The Morgan fingerprint density at radius 2 is 1.82 bits per heavy atom. The zero-order valence-electron chi connectivity index (χ0n) is 16.0. The number of anilines is 1. The van der Waals surface area contributed by atoms with Gasteiger partial charge < -0.3 is 15.0 Å². The maximum Gasteiger partial charge on any atom is 0.356 e. The van der Waals surface area contributed by atoms with Crippen molar-refractivity contribution in [2.24, 2.45) is 0 Å². The van der Waals surface area contributed by atoms with Gasteiger partial charge in [0.1, 0.15) is 5.69 Å². The van der Waals surface area contributed by atoms with Gasteiger partial charge in [-0.15, -0.1) is 0 Å². The summed E-state index contributed by atoms with van der Waals surface area (Å²) in [5, 5.41) is 3.74. The molecule has 6 heteroatoms. The SMILES string of the molecule is COC(=O)c1[nH]c2ccccc2c1NC(=O)[C@@H](C)N1CCc2ccccc2C1. The molecule has 1 atom stereocenters. The van der Waals surface area contributed by atoms with Crippen molar-refractivity contribution >= 4 is 28.5 Å². The van der Waals surface area contributed by atoms with E-state index in [1.165, 1.54) is 18.2 Å². The van der Waals surface area contributed by atoms with E-state index in [9.17, 15) is 9.59 Å². The van der Waals surface area contributed by atoms with Crippen LogP contribution in [0.2, 0.25) is 0 Å². The first-order chi connectivity index (χ1) is 13.6. The number of hydrogen-bond donors (Lipinski definition) is 2. The molecule has 144 valence electrons. The lowest BCUT2D eigenvalue weighted by Gasteiger charge is -2.32. The average molecular weight is 377 g/mol. The van der Waals surface area contributed by atoms with Crippen LogP contribution in [0.25, 0.3) is 10.9 Å². The van der Waals surface area contributed by atoms with E-state index in [1.54, 1.807) is 0 Å². The van der Waals surface area contributed by atoms with Crippen molar-refractivity contribution in [3.63, 3.8) is 0 Å². The molecule has 6 nitrogen and oxygen atoms in total. The number of nitrogens with one attached hydrogen (secondary N) is 2. The second-order valence-electron chi connectivity index (χ2n) is 7.07. The average Bonchev–Trinajstić information content (AvgIpc) is 3.10. The smallest absolute Gasteiger partial charge is 0.356 e. The van der Waals surface area contributed by atoms with Crippen LogP contribution in [0.4, 0.5) is 5.69 Å². The molecule has 1 aliphatic heterocycles. The zero-order valence-corrected chi connectivity index (χ0v) is 16.0. The summed E-state index contributed by atoms with van der Waals surface area (Å²) in [6.45, 7) is 3.46. The summed E-state index contributed by atoms with van der Waals surface area (Å²) in [7, 11) is 1.33. The van der Waals surface area contributed by atoms with Crippen LogP contribution < -0.4 is 5.32 Å². The fourth-order valence-electron chi connectivity index (χ4n) is 3.77. The van der Waals surface area contributed by atoms with Crippen molar-refractivity contribution < 1.29 is 14.3 Å². The number of carbonyl (C=O) groups is 2. The maximum atomic E-state index is 13.0. The van der Waals surface area contributed by atoms with Gasteiger partial charge in [0, 0.05) is 24.0 Å². The van der Waals surface area contributed by atoms with Crippen LogP contribution in [0.15, 0.2) is 48.5 Å². The lowest BCUT2D eigenvalue weighted by Crippen LogP contribution is -2.44. The molecular weight excluding hydrogens is 354 g/mol. The molecule has 0 radical (unpaired) electrons. The lowest BCUT2D eigenvalue weighted by molar-refractivity contribution is -0.121. The van der Waals surface area contributed by atoms with Crippen LogP contribution in [0.3, 0.4) is 0 Å². The molecule has 2 aromatic carbocycles. The first kappa shape index (κ1) is 18.3. The summed E-state index contributed by atoms with van der Waals surface area (Å²) < 4.78 is 4.87. The number of fused-ring (bicyclic) bond motifs is 2. The third-order valence-corrected chi connectivity index (χ3v) is 5.43. The van der Waals surface area contributed by atoms with Gasteiger partial charge in [-0.1, -0.05) is 42.5 Å². The highest BCUT2D eigenvalue weighted by Crippen LogP contribution is 2.29. The van der Waals surface area contributed by atoms with Crippen molar-refractivity contribution in [1.29, 1.82) is 0 Å². The molecule has 2 N–H and O–H groups in total. The molecule has 0 saturated heterocycles. The minimum atomic E-state index is -0.508. The Kier molecular flexibility index (Phi) is 4.88. The van der Waals surface area contributed by atoms with Crippen LogP contribution in [-0.4, -0.2) is 41.5 Å². The van der Waals surface area contributed by atoms with Gasteiger partial charge in [0.2, 0.25) is 5.91 Å². The van der Waals surface area contributed by atoms with E-state index < -0.39 is 5.97 Å². The molecule has 1 aliphatic rings. The molecule has 0 bridgehead atoms. The van der Waals surface area contributed by atoms with Gasteiger partial charge in [-0.3, -0.25) is 9.69 Å². The van der Waals surface area contributed by atoms with Gasteiger partial charge in [0.05, 0.1) is 18.8 Å². The third kappa shape index (κ3) is 3.27. The monoisotopic (exact) mass is 377 g/mol. The van der Waals surface area contributed by atoms with Gasteiger partial charge in [-0.2, -0.15) is 0 Å². The van der Waals surface area contributed by atoms with Gasteiger partial charge in [-0.05, 0) is 30.5 Å². The van der Waals surface area contributed by atoms with E-state index in [-0.39, 0.29) is 17.6 Å². The van der Waals surface area contributed by atoms with Crippen LogP contribution in [0.5, 0.6) is 0 Å². The van der Waals surface area contributed by atoms with Gasteiger partial charge >= 0.3 is 5.97 Å². The summed E-state index contributed by atoms with van der Waals surface area (Å²) in [5.74, 6) is -0.652. The minimum absolute atomic E-state index is 0.144. The quantitative estimate of drug-likeness (QED) is 0.684. The Bertz CT molecular complexity index is 1040. The van der Waals surface area contributed by atoms with Gasteiger partial charge in [0.25, 0.3) is 0 Å². The van der Waals surface area contributed by atoms with Crippen LogP contribution in [0, 0.1) is 0 Å². The van der Waals surface area contributed by atoms with Crippen molar-refractivity contribution in [3.05, 3.63) is 65.4 Å². The summed E-state index contributed by atoms with van der Waals surface area (Å²) in [5.41, 5.74) is 4.11. The molecular formula is C22H23N3O3. The molecule has 0 aliphatic carbocycles. The number of para-hydroxylation sites is 1. The van der Waals surface area contributed by atoms with Crippen molar-refractivity contribution in [1.82, 2.24) is 9.88 Å². The number of hydrogen-bond acceptors (Lipinski definition) is 4. The van der Waals surface area contributed by atoms with E-state index in [0.29, 0.717) is 5.69 Å². The number of nitrogens with zero attached hydrogens (tertiary/aromatic N) is 1. The van der Waals surface area contributed by atoms with Gasteiger partial charge in [0.15, 0.2) is 0 Å². The molecule has 4 rings (SSSR count). The number of esters is 1. The fourth-order valence-corrected chi connectivity index (χ4v) is 3.77. The Labute approximate surface area is 163 Å². The molecule has 1 amide bonds. The Morgan fingerprint density at radius 3 is 2.61 bits per heavy atom. The predicted octanol–water partition coefficient (Wildman–Crippen LogP) is 3.34. The van der Waals surface area contributed by atoms with Crippen LogP contribution in [0.1, 0.15) is 28.5 Å². The summed E-state index contributed by atoms with van der Waals surface area (Å²) >= 11 is 0. The number of H-pyrrole nitrogens is 1. The second kappa shape index (κ2) is 7.48. The Balaban J connectivity index is 1.58. The first-order valence-electron chi connectivity index (χ1n) is 9.39. The molecule has 0 fully saturated rings. The summed E-state index contributed by atoms with van der Waals surface area (Å²) in [6.07, 6.45) is 0.925. The molecule has 2 heterocycles. The molecule has 0 spiro atoms. The van der Waals surface area contributed by atoms with Crippen LogP contribution in [-0.2, 0) is 22.5 Å². The number of carbonyl (C=O) groups excluding carboxylic acids is 2.